The van der Waals surface area contributed by atoms with E-state index in [-0.39, 0.29) is 5.28 Å². The summed E-state index contributed by atoms with van der Waals surface area (Å²) >= 11 is 8.60. The molecule has 0 unspecified atom stereocenters. The van der Waals surface area contributed by atoms with Crippen molar-refractivity contribution in [3.05, 3.63) is 22.6 Å². The van der Waals surface area contributed by atoms with Crippen LogP contribution in [0.2, 0.25) is 5.28 Å². The van der Waals surface area contributed by atoms with Crippen LogP contribution in [0.5, 0.6) is 0 Å². The summed E-state index contributed by atoms with van der Waals surface area (Å²) in [4.78, 5) is 7.98. The van der Waals surface area contributed by atoms with E-state index in [2.05, 4.69) is 20.2 Å². The number of aromatic nitrogens is 4. The van der Waals surface area contributed by atoms with E-state index in [9.17, 15) is 0 Å². The van der Waals surface area contributed by atoms with Gasteiger partial charge in [0, 0.05) is 11.8 Å². The van der Waals surface area contributed by atoms with Gasteiger partial charge in [0.25, 0.3) is 0 Å². The van der Waals surface area contributed by atoms with Gasteiger partial charge in [-0.3, -0.25) is 0 Å². The lowest BCUT2D eigenvalue weighted by Gasteiger charge is -2.00. The molecule has 2 aromatic rings. The van der Waals surface area contributed by atoms with Crippen molar-refractivity contribution in [2.45, 2.75) is 16.3 Å². The molecule has 72 valence electrons. The first-order valence-electron chi connectivity index (χ1n) is 3.69. The van der Waals surface area contributed by atoms with Crippen molar-refractivity contribution in [2.75, 3.05) is 0 Å². The molecule has 0 amide bonds. The van der Waals surface area contributed by atoms with Gasteiger partial charge in [0.05, 0.1) is 0 Å². The Hall–Kier alpha value is -0.720. The zero-order chi connectivity index (χ0) is 9.97. The second kappa shape index (κ2) is 4.20. The maximum Gasteiger partial charge on any atom is 0.223 e. The molecule has 2 aromatic heterocycles. The Labute approximate surface area is 93.8 Å². The van der Waals surface area contributed by atoms with E-state index in [0.29, 0.717) is 0 Å². The molecule has 0 aliphatic heterocycles. The average molecular weight is 245 g/mol. The fourth-order valence-electron chi connectivity index (χ4n) is 0.800. The van der Waals surface area contributed by atoms with Crippen molar-refractivity contribution in [1.29, 1.82) is 0 Å². The molecule has 0 saturated heterocycles. The topological polar surface area (TPSA) is 51.6 Å². The molecular formula is C7H5ClN4S2. The molecule has 7 heteroatoms. The summed E-state index contributed by atoms with van der Waals surface area (Å²) < 4.78 is 0.850. The molecule has 0 spiro atoms. The Balaban J connectivity index is 2.28. The minimum atomic E-state index is 0.252. The Kier molecular flexibility index (Phi) is 2.95. The van der Waals surface area contributed by atoms with Gasteiger partial charge >= 0.3 is 0 Å². The minimum Gasteiger partial charge on any atom is -0.226 e. The van der Waals surface area contributed by atoms with Gasteiger partial charge in [-0.05, 0) is 30.3 Å². The second-order valence-electron chi connectivity index (χ2n) is 2.43. The molecule has 14 heavy (non-hydrogen) atoms. The smallest absolute Gasteiger partial charge is 0.223 e. The van der Waals surface area contributed by atoms with Gasteiger partial charge in [-0.15, -0.1) is 10.2 Å². The molecule has 4 nitrogen and oxygen atoms in total. The van der Waals surface area contributed by atoms with Crippen molar-refractivity contribution in [3.63, 3.8) is 0 Å². The van der Waals surface area contributed by atoms with Crippen LogP contribution < -0.4 is 0 Å². The highest BCUT2D eigenvalue weighted by atomic mass is 35.5. The zero-order valence-electron chi connectivity index (χ0n) is 7.14. The first kappa shape index (κ1) is 9.82. The summed E-state index contributed by atoms with van der Waals surface area (Å²) in [5, 5.41) is 8.73. The Morgan fingerprint density at radius 3 is 3.07 bits per heavy atom. The second-order valence-corrected chi connectivity index (χ2v) is 4.84. The molecule has 2 rings (SSSR count). The van der Waals surface area contributed by atoms with Crippen LogP contribution in [0.1, 0.15) is 5.56 Å². The van der Waals surface area contributed by atoms with Crippen LogP contribution in [0.25, 0.3) is 0 Å². The number of hydrogen-bond acceptors (Lipinski definition) is 6. The summed E-state index contributed by atoms with van der Waals surface area (Å²) in [7, 11) is 0. The van der Waals surface area contributed by atoms with Crippen molar-refractivity contribution in [3.8, 4) is 0 Å². The molecule has 0 fully saturated rings. The van der Waals surface area contributed by atoms with Crippen molar-refractivity contribution in [1.82, 2.24) is 20.2 Å². The van der Waals surface area contributed by atoms with E-state index in [1.54, 1.807) is 11.7 Å². The molecule has 0 saturated carbocycles. The third kappa shape index (κ3) is 2.20. The van der Waals surface area contributed by atoms with E-state index in [1.807, 2.05) is 6.92 Å². The van der Waals surface area contributed by atoms with Gasteiger partial charge in [0.2, 0.25) is 5.28 Å². The zero-order valence-corrected chi connectivity index (χ0v) is 9.53. The fraction of sp³-hybridized carbons (Fsp3) is 0.143. The molecule has 0 radical (unpaired) electrons. The van der Waals surface area contributed by atoms with Crippen LogP contribution in [0.15, 0.2) is 21.1 Å². The SMILES string of the molecule is Cc1cnc(Cl)nc1Sc1nncs1. The van der Waals surface area contributed by atoms with Crippen LogP contribution in [0, 0.1) is 6.92 Å². The van der Waals surface area contributed by atoms with Gasteiger partial charge in [-0.1, -0.05) is 11.3 Å². The maximum atomic E-state index is 5.69. The molecule has 0 aliphatic rings. The van der Waals surface area contributed by atoms with Crippen LogP contribution in [0.3, 0.4) is 0 Å². The highest BCUT2D eigenvalue weighted by Gasteiger charge is 2.06. The first-order valence-corrected chi connectivity index (χ1v) is 5.76. The van der Waals surface area contributed by atoms with E-state index < -0.39 is 0 Å². The lowest BCUT2D eigenvalue weighted by atomic mass is 10.4. The van der Waals surface area contributed by atoms with Crippen LogP contribution in [-0.2, 0) is 0 Å². The molecule has 0 N–H and O–H groups in total. The largest absolute Gasteiger partial charge is 0.226 e. The average Bonchev–Trinajstić information content (AvgIpc) is 2.64. The number of hydrogen-bond donors (Lipinski definition) is 0. The summed E-state index contributed by atoms with van der Waals surface area (Å²) in [5.41, 5.74) is 2.66. The minimum absolute atomic E-state index is 0.252. The van der Waals surface area contributed by atoms with Gasteiger partial charge in [-0.2, -0.15) is 0 Å². The van der Waals surface area contributed by atoms with Crippen molar-refractivity contribution >= 4 is 34.7 Å². The van der Waals surface area contributed by atoms with Crippen LogP contribution in [-0.4, -0.2) is 20.2 Å². The molecule has 0 atom stereocenters. The highest BCUT2D eigenvalue weighted by molar-refractivity contribution is 8.01. The van der Waals surface area contributed by atoms with Crippen molar-refractivity contribution in [2.24, 2.45) is 0 Å². The van der Waals surface area contributed by atoms with Gasteiger partial charge in [0.1, 0.15) is 10.5 Å². The lowest BCUT2D eigenvalue weighted by molar-refractivity contribution is 0.983. The Morgan fingerprint density at radius 1 is 1.50 bits per heavy atom. The molecule has 0 aliphatic carbocycles. The maximum absolute atomic E-state index is 5.69. The third-order valence-electron chi connectivity index (χ3n) is 1.42. The molecule has 0 bridgehead atoms. The first-order chi connectivity index (χ1) is 6.75. The summed E-state index contributed by atoms with van der Waals surface area (Å²) in [6.07, 6.45) is 1.69. The van der Waals surface area contributed by atoms with Gasteiger partial charge < -0.3 is 0 Å². The molecule has 2 heterocycles. The monoisotopic (exact) mass is 244 g/mol. The lowest BCUT2D eigenvalue weighted by Crippen LogP contribution is -1.89. The molecule has 0 aromatic carbocycles. The van der Waals surface area contributed by atoms with E-state index in [4.69, 9.17) is 11.6 Å². The van der Waals surface area contributed by atoms with E-state index in [0.717, 1.165) is 14.9 Å². The Bertz CT molecular complexity index is 431. The normalized spacial score (nSPS) is 10.4. The quantitative estimate of drug-likeness (QED) is 0.600. The number of rotatable bonds is 2. The predicted octanol–water partition coefficient (Wildman–Crippen LogP) is 2.44. The predicted molar refractivity (Wildman–Crippen MR) is 55.8 cm³/mol. The van der Waals surface area contributed by atoms with E-state index in [1.165, 1.54) is 23.1 Å². The molecular weight excluding hydrogens is 240 g/mol. The number of nitrogens with zero attached hydrogens (tertiary/aromatic N) is 4. The number of halogens is 1. The van der Waals surface area contributed by atoms with E-state index >= 15 is 0 Å². The van der Waals surface area contributed by atoms with Gasteiger partial charge in [-0.25, -0.2) is 9.97 Å². The van der Waals surface area contributed by atoms with Crippen LogP contribution in [0.4, 0.5) is 0 Å². The Morgan fingerprint density at radius 2 is 2.36 bits per heavy atom. The summed E-state index contributed by atoms with van der Waals surface area (Å²) in [5.74, 6) is 0. The fourth-order valence-corrected chi connectivity index (χ4v) is 2.42. The van der Waals surface area contributed by atoms with Crippen LogP contribution >= 0.6 is 34.7 Å². The number of aryl methyl sites for hydroxylation is 1. The third-order valence-corrected chi connectivity index (χ3v) is 3.49. The summed E-state index contributed by atoms with van der Waals surface area (Å²) in [6, 6.07) is 0. The standard InChI is InChI=1S/C7H5ClN4S2/c1-4-2-9-6(8)11-5(4)14-7-12-10-3-13-7/h2-3H,1H3. The highest BCUT2D eigenvalue weighted by Crippen LogP contribution is 2.29. The van der Waals surface area contributed by atoms with Gasteiger partial charge in [0.15, 0.2) is 4.34 Å². The summed E-state index contributed by atoms with van der Waals surface area (Å²) in [6.45, 7) is 1.93. The van der Waals surface area contributed by atoms with Crippen molar-refractivity contribution < 1.29 is 0 Å².